The van der Waals surface area contributed by atoms with Crippen LogP contribution in [0.25, 0.3) is 6.08 Å². The van der Waals surface area contributed by atoms with Crippen LogP contribution in [0, 0.1) is 24.0 Å². The molecule has 1 amide bonds. The molecule has 0 N–H and O–H groups in total. The molecule has 2 aromatic carbocycles. The summed E-state index contributed by atoms with van der Waals surface area (Å²) in [6.45, 7) is 3.92. The van der Waals surface area contributed by atoms with E-state index in [1.807, 2.05) is 62.4 Å². The van der Waals surface area contributed by atoms with Crippen LogP contribution < -0.4 is 4.90 Å². The number of benzene rings is 2. The number of amides is 1. The Morgan fingerprint density at radius 3 is 2.44 bits per heavy atom. The molecule has 8 heteroatoms. The van der Waals surface area contributed by atoms with E-state index in [4.69, 9.17) is 9.41 Å². The monoisotopic (exact) mass is 445 g/mol. The van der Waals surface area contributed by atoms with Gasteiger partial charge in [-0.2, -0.15) is 0 Å². The highest BCUT2D eigenvalue weighted by Crippen LogP contribution is 2.38. The molecule has 1 saturated heterocycles. The van der Waals surface area contributed by atoms with Crippen LogP contribution in [0.1, 0.15) is 16.9 Å². The Bertz CT molecular complexity index is 1290. The second-order valence-corrected chi connectivity index (χ2v) is 8.04. The van der Waals surface area contributed by atoms with Gasteiger partial charge in [-0.1, -0.05) is 42.5 Å². The smallest absolute Gasteiger partial charge is 0.401 e. The summed E-state index contributed by atoms with van der Waals surface area (Å²) in [5.41, 5.74) is 3.53. The molecular formula is C24H19N3O4S. The van der Waals surface area contributed by atoms with Crippen molar-refractivity contribution in [3.63, 3.8) is 0 Å². The minimum absolute atomic E-state index is 0.188. The van der Waals surface area contributed by atoms with E-state index in [0.717, 1.165) is 22.5 Å². The molecule has 32 heavy (non-hydrogen) atoms. The van der Waals surface area contributed by atoms with Crippen molar-refractivity contribution in [1.29, 1.82) is 0 Å². The molecule has 1 aromatic heterocycles. The average Bonchev–Trinajstić information content (AvgIpc) is 3.36. The molecule has 0 bridgehead atoms. The van der Waals surface area contributed by atoms with Crippen molar-refractivity contribution >= 4 is 46.2 Å². The van der Waals surface area contributed by atoms with Crippen LogP contribution in [-0.2, 0) is 4.79 Å². The first-order chi connectivity index (χ1) is 15.4. The fourth-order valence-corrected chi connectivity index (χ4v) is 4.08. The molecular weight excluding hydrogens is 426 g/mol. The van der Waals surface area contributed by atoms with Gasteiger partial charge in [0.25, 0.3) is 5.91 Å². The predicted molar refractivity (Wildman–Crippen MR) is 127 cm³/mol. The van der Waals surface area contributed by atoms with E-state index < -0.39 is 4.92 Å². The van der Waals surface area contributed by atoms with Crippen molar-refractivity contribution in [3.8, 4) is 0 Å². The van der Waals surface area contributed by atoms with Gasteiger partial charge in [-0.25, -0.2) is 4.99 Å². The number of anilines is 1. The lowest BCUT2D eigenvalue weighted by Crippen LogP contribution is -2.29. The third-order valence-electron chi connectivity index (χ3n) is 4.79. The molecule has 3 aromatic rings. The molecule has 7 nitrogen and oxygen atoms in total. The number of amidine groups is 1. The maximum Gasteiger partial charge on any atom is 0.433 e. The molecule has 0 aliphatic carbocycles. The maximum absolute atomic E-state index is 13.3. The Balaban J connectivity index is 1.69. The summed E-state index contributed by atoms with van der Waals surface area (Å²) >= 11 is 1.28. The Morgan fingerprint density at radius 1 is 1.03 bits per heavy atom. The zero-order valence-corrected chi connectivity index (χ0v) is 18.2. The Morgan fingerprint density at radius 2 is 1.75 bits per heavy atom. The summed E-state index contributed by atoms with van der Waals surface area (Å²) in [5.74, 6) is -0.192. The zero-order chi connectivity index (χ0) is 22.7. The number of carbonyl (C=O) groups is 1. The molecule has 1 fully saturated rings. The standard InChI is InChI=1S/C24H19N3O4S/c1-16-8-3-5-11-19(16)25-24-26(20-12-6-4-9-17(20)2)23(28)21(32-24)13-7-10-18-14-15-22(31-18)27(29)30/h3-15H,1-2H3/b10-7+,21-13+,25-24?. The number of hydrogen-bond acceptors (Lipinski definition) is 6. The number of carbonyl (C=O) groups excluding carboxylic acids is 1. The first-order valence-corrected chi connectivity index (χ1v) is 10.6. The molecule has 2 heterocycles. The lowest BCUT2D eigenvalue weighted by Gasteiger charge is -2.18. The zero-order valence-electron chi connectivity index (χ0n) is 17.4. The van der Waals surface area contributed by atoms with Gasteiger partial charge in [-0.15, -0.1) is 0 Å². The van der Waals surface area contributed by atoms with Crippen LogP contribution in [0.3, 0.4) is 0 Å². The van der Waals surface area contributed by atoms with Gasteiger partial charge in [0.05, 0.1) is 22.3 Å². The van der Waals surface area contributed by atoms with Gasteiger partial charge in [0, 0.05) is 0 Å². The van der Waals surface area contributed by atoms with Crippen LogP contribution >= 0.6 is 11.8 Å². The fourth-order valence-electron chi connectivity index (χ4n) is 3.14. The number of rotatable bonds is 5. The van der Waals surface area contributed by atoms with E-state index in [-0.39, 0.29) is 11.8 Å². The second-order valence-electron chi connectivity index (χ2n) is 7.03. The van der Waals surface area contributed by atoms with Crippen molar-refractivity contribution in [2.24, 2.45) is 4.99 Å². The quantitative estimate of drug-likeness (QED) is 0.266. The first kappa shape index (κ1) is 21.3. The topological polar surface area (TPSA) is 89.0 Å². The number of allylic oxidation sites excluding steroid dienone is 2. The molecule has 0 saturated carbocycles. The third-order valence-corrected chi connectivity index (χ3v) is 5.78. The number of aliphatic imine (C=N–C) groups is 1. The van der Waals surface area contributed by atoms with Crippen molar-refractivity contribution in [2.45, 2.75) is 13.8 Å². The molecule has 160 valence electrons. The van der Waals surface area contributed by atoms with Crippen molar-refractivity contribution in [3.05, 3.63) is 105 Å². The van der Waals surface area contributed by atoms with E-state index in [9.17, 15) is 14.9 Å². The van der Waals surface area contributed by atoms with Gasteiger partial charge in [0.15, 0.2) is 5.17 Å². The largest absolute Gasteiger partial charge is 0.433 e. The number of hydrogen-bond donors (Lipinski definition) is 0. The van der Waals surface area contributed by atoms with Gasteiger partial charge in [-0.3, -0.25) is 19.8 Å². The van der Waals surface area contributed by atoms with Gasteiger partial charge >= 0.3 is 5.88 Å². The molecule has 0 radical (unpaired) electrons. The summed E-state index contributed by atoms with van der Waals surface area (Å²) in [4.78, 5) is 30.3. The van der Waals surface area contributed by atoms with Crippen LogP contribution in [0.2, 0.25) is 0 Å². The SMILES string of the molecule is Cc1ccccc1N=C1S/C(=C/C=C/c2ccc([N+](=O)[O-])o2)C(=O)N1c1ccccc1C. The highest BCUT2D eigenvalue weighted by molar-refractivity contribution is 8.19. The van der Waals surface area contributed by atoms with Gasteiger partial charge < -0.3 is 4.42 Å². The predicted octanol–water partition coefficient (Wildman–Crippen LogP) is 6.17. The van der Waals surface area contributed by atoms with E-state index >= 15 is 0 Å². The molecule has 4 rings (SSSR count). The number of para-hydroxylation sites is 2. The van der Waals surface area contributed by atoms with Gasteiger partial charge in [0.1, 0.15) is 10.7 Å². The van der Waals surface area contributed by atoms with E-state index in [1.54, 1.807) is 23.1 Å². The van der Waals surface area contributed by atoms with Crippen LogP contribution in [-0.4, -0.2) is 16.0 Å². The summed E-state index contributed by atoms with van der Waals surface area (Å²) in [6.07, 6.45) is 4.87. The van der Waals surface area contributed by atoms with E-state index in [1.165, 1.54) is 23.9 Å². The molecule has 1 aliphatic heterocycles. The summed E-state index contributed by atoms with van der Waals surface area (Å²) < 4.78 is 5.12. The number of thioether (sulfide) groups is 1. The molecule has 0 spiro atoms. The third kappa shape index (κ3) is 4.40. The summed E-state index contributed by atoms with van der Waals surface area (Å²) in [7, 11) is 0. The second kappa shape index (κ2) is 9.07. The highest BCUT2D eigenvalue weighted by Gasteiger charge is 2.35. The van der Waals surface area contributed by atoms with Crippen molar-refractivity contribution in [1.82, 2.24) is 0 Å². The fraction of sp³-hybridized carbons (Fsp3) is 0.0833. The average molecular weight is 446 g/mol. The van der Waals surface area contributed by atoms with E-state index in [0.29, 0.717) is 15.8 Å². The minimum Gasteiger partial charge on any atom is -0.401 e. The van der Waals surface area contributed by atoms with Gasteiger partial charge in [-0.05, 0) is 67.1 Å². The van der Waals surface area contributed by atoms with Crippen LogP contribution in [0.4, 0.5) is 17.3 Å². The maximum atomic E-state index is 13.3. The Kier molecular flexibility index (Phi) is 6.04. The van der Waals surface area contributed by atoms with Crippen LogP contribution in [0.15, 0.2) is 87.1 Å². The number of nitrogens with zero attached hydrogens (tertiary/aromatic N) is 3. The van der Waals surface area contributed by atoms with Crippen LogP contribution in [0.5, 0.6) is 0 Å². The first-order valence-electron chi connectivity index (χ1n) is 9.79. The summed E-state index contributed by atoms with van der Waals surface area (Å²) in [5, 5.41) is 11.3. The normalized spacial score (nSPS) is 16.6. The summed E-state index contributed by atoms with van der Waals surface area (Å²) in [6, 6.07) is 18.2. The molecule has 0 atom stereocenters. The van der Waals surface area contributed by atoms with Crippen molar-refractivity contribution in [2.75, 3.05) is 4.90 Å². The number of nitro groups is 1. The number of aryl methyl sites for hydroxylation is 2. The Hall–Kier alpha value is -3.91. The Labute approximate surface area is 188 Å². The number of furan rings is 1. The minimum atomic E-state index is -0.597. The lowest BCUT2D eigenvalue weighted by atomic mass is 10.2. The molecule has 1 aliphatic rings. The van der Waals surface area contributed by atoms with Gasteiger partial charge in [0.2, 0.25) is 0 Å². The molecule has 0 unspecified atom stereocenters. The highest BCUT2D eigenvalue weighted by atomic mass is 32.2. The van der Waals surface area contributed by atoms with E-state index in [2.05, 4.69) is 0 Å². The lowest BCUT2D eigenvalue weighted by molar-refractivity contribution is -0.402. The van der Waals surface area contributed by atoms with Crippen molar-refractivity contribution < 1.29 is 14.1 Å².